The minimum atomic E-state index is -0.789. The zero-order chi connectivity index (χ0) is 24.5. The Morgan fingerprint density at radius 2 is 1.88 bits per heavy atom. The van der Waals surface area contributed by atoms with E-state index in [0.29, 0.717) is 36.8 Å². The van der Waals surface area contributed by atoms with Crippen molar-refractivity contribution < 1.29 is 23.8 Å². The molecule has 3 rings (SSSR count). The Bertz CT molecular complexity index is 1070. The van der Waals surface area contributed by atoms with Gasteiger partial charge in [0.25, 0.3) is 11.7 Å². The second kappa shape index (κ2) is 9.43. The molecule has 1 atom stereocenters. The number of benzene rings is 1. The van der Waals surface area contributed by atoms with E-state index in [1.165, 1.54) is 4.90 Å². The van der Waals surface area contributed by atoms with Gasteiger partial charge >= 0.3 is 0 Å². The maximum Gasteiger partial charge on any atom is 0.295 e. The number of likely N-dealkylation sites (tertiary alicyclic amines) is 1. The van der Waals surface area contributed by atoms with Crippen LogP contribution in [0.15, 0.2) is 40.3 Å². The van der Waals surface area contributed by atoms with Crippen LogP contribution in [0.5, 0.6) is 5.75 Å². The molecule has 0 aliphatic carbocycles. The topological polar surface area (TPSA) is 83.2 Å². The number of carbonyl (C=O) groups excluding carboxylic acids is 2. The van der Waals surface area contributed by atoms with Crippen molar-refractivity contribution in [2.75, 3.05) is 33.8 Å². The summed E-state index contributed by atoms with van der Waals surface area (Å²) in [5.74, 6) is 0.281. The molecular formula is C26H34N2O5. The van der Waals surface area contributed by atoms with Crippen LogP contribution in [0.4, 0.5) is 0 Å². The lowest BCUT2D eigenvalue weighted by atomic mass is 9.84. The predicted octanol–water partition coefficient (Wildman–Crippen LogP) is 4.27. The van der Waals surface area contributed by atoms with Crippen molar-refractivity contribution in [3.63, 3.8) is 0 Å². The Morgan fingerprint density at radius 3 is 2.42 bits per heavy atom. The third kappa shape index (κ3) is 4.98. The summed E-state index contributed by atoms with van der Waals surface area (Å²) in [5.41, 5.74) is 1.15. The van der Waals surface area contributed by atoms with Crippen LogP contribution in [-0.2, 0) is 15.0 Å². The van der Waals surface area contributed by atoms with Crippen LogP contribution in [0.2, 0.25) is 0 Å². The van der Waals surface area contributed by atoms with Crippen molar-refractivity contribution in [2.24, 2.45) is 0 Å². The van der Waals surface area contributed by atoms with Gasteiger partial charge in [-0.3, -0.25) is 9.59 Å². The van der Waals surface area contributed by atoms with Crippen LogP contribution in [0, 0.1) is 6.92 Å². The van der Waals surface area contributed by atoms with E-state index >= 15 is 0 Å². The van der Waals surface area contributed by atoms with Crippen LogP contribution in [0.1, 0.15) is 56.4 Å². The van der Waals surface area contributed by atoms with Gasteiger partial charge in [0.2, 0.25) is 0 Å². The largest absolute Gasteiger partial charge is 0.507 e. The first-order valence-corrected chi connectivity index (χ1v) is 11.2. The van der Waals surface area contributed by atoms with Gasteiger partial charge in [-0.1, -0.05) is 20.8 Å². The van der Waals surface area contributed by atoms with Gasteiger partial charge in [0, 0.05) is 24.2 Å². The normalized spacial score (nSPS) is 18.4. The minimum Gasteiger partial charge on any atom is -0.507 e. The van der Waals surface area contributed by atoms with Gasteiger partial charge in [-0.15, -0.1) is 0 Å². The molecule has 0 bridgehead atoms. The van der Waals surface area contributed by atoms with E-state index in [2.05, 4.69) is 20.8 Å². The molecule has 178 valence electrons. The molecule has 1 N–H and O–H groups in total. The summed E-state index contributed by atoms with van der Waals surface area (Å²) >= 11 is 0. The molecule has 7 nitrogen and oxygen atoms in total. The number of Topliss-reactive ketones (excluding diaryl/α,β-unsaturated/α-hetero) is 1. The summed E-state index contributed by atoms with van der Waals surface area (Å²) < 4.78 is 11.6. The Morgan fingerprint density at radius 1 is 1.18 bits per heavy atom. The van der Waals surface area contributed by atoms with E-state index in [1.807, 2.05) is 32.0 Å². The Balaban J connectivity index is 2.17. The monoisotopic (exact) mass is 454 g/mol. The smallest absolute Gasteiger partial charge is 0.295 e. The zero-order valence-electron chi connectivity index (χ0n) is 20.6. The molecule has 0 radical (unpaired) electrons. The van der Waals surface area contributed by atoms with Gasteiger partial charge in [-0.25, -0.2) is 0 Å². The highest BCUT2D eigenvalue weighted by atomic mass is 16.5. The number of aryl methyl sites for hydroxylation is 1. The first kappa shape index (κ1) is 24.6. The Hall–Kier alpha value is -3.06. The fraction of sp³-hybridized carbons (Fsp3) is 0.462. The van der Waals surface area contributed by atoms with Gasteiger partial charge in [0.05, 0.1) is 12.2 Å². The minimum absolute atomic E-state index is 0.0390. The SMILES string of the molecule is CCOc1ccc(/C(O)=C2/C(=O)C(=O)N(CCN(C)C)C2c2ccc(C)o2)cc1C(C)(C)C. The molecule has 2 heterocycles. The first-order chi connectivity index (χ1) is 15.5. The highest BCUT2D eigenvalue weighted by molar-refractivity contribution is 6.46. The number of ether oxygens (including phenoxy) is 1. The summed E-state index contributed by atoms with van der Waals surface area (Å²) in [7, 11) is 3.80. The third-order valence-electron chi connectivity index (χ3n) is 5.72. The summed E-state index contributed by atoms with van der Waals surface area (Å²) in [6.45, 7) is 11.3. The summed E-state index contributed by atoms with van der Waals surface area (Å²) in [4.78, 5) is 29.5. The molecule has 1 saturated heterocycles. The number of furan rings is 1. The van der Waals surface area contributed by atoms with Crippen LogP contribution >= 0.6 is 0 Å². The van der Waals surface area contributed by atoms with E-state index < -0.39 is 17.7 Å². The molecule has 2 aromatic rings. The summed E-state index contributed by atoms with van der Waals surface area (Å²) in [5, 5.41) is 11.3. The van der Waals surface area contributed by atoms with E-state index in [1.54, 1.807) is 31.2 Å². The number of rotatable bonds is 7. The summed E-state index contributed by atoms with van der Waals surface area (Å²) in [6, 6.07) is 8.10. The molecule has 1 fully saturated rings. The van der Waals surface area contributed by atoms with Crippen LogP contribution in [0.3, 0.4) is 0 Å². The standard InChI is InChI=1S/C26H34N2O5/c1-8-32-19-12-10-17(15-18(19)26(3,4)5)23(29)21-22(20-11-9-16(2)33-20)28(14-13-27(6)7)25(31)24(21)30/h9-12,15,22,29H,8,13-14H2,1-7H3/b23-21-. The number of nitrogens with zero attached hydrogens (tertiary/aromatic N) is 2. The second-order valence-electron chi connectivity index (χ2n) is 9.64. The van der Waals surface area contributed by atoms with Crippen molar-refractivity contribution >= 4 is 17.4 Å². The van der Waals surface area contributed by atoms with Crippen LogP contribution in [-0.4, -0.2) is 60.4 Å². The number of hydrogen-bond acceptors (Lipinski definition) is 6. The molecule has 1 unspecified atom stereocenters. The second-order valence-corrected chi connectivity index (χ2v) is 9.64. The number of ketones is 1. The molecule has 33 heavy (non-hydrogen) atoms. The van der Waals surface area contributed by atoms with Gasteiger partial charge < -0.3 is 24.1 Å². The average Bonchev–Trinajstić information content (AvgIpc) is 3.27. The number of carbonyl (C=O) groups is 2. The van der Waals surface area contributed by atoms with Gasteiger partial charge in [-0.05, 0) is 63.7 Å². The third-order valence-corrected chi connectivity index (χ3v) is 5.72. The van der Waals surface area contributed by atoms with Gasteiger partial charge in [0.15, 0.2) is 0 Å². The number of aliphatic hydroxyl groups is 1. The number of aliphatic hydroxyl groups excluding tert-OH is 1. The maximum absolute atomic E-state index is 13.1. The fourth-order valence-electron chi connectivity index (χ4n) is 4.01. The van der Waals surface area contributed by atoms with Crippen LogP contribution < -0.4 is 4.74 Å². The van der Waals surface area contributed by atoms with Crippen molar-refractivity contribution in [3.05, 3.63) is 58.6 Å². The molecule has 1 aromatic heterocycles. The van der Waals surface area contributed by atoms with Crippen molar-refractivity contribution in [1.29, 1.82) is 0 Å². The Kier molecular flexibility index (Phi) is 7.03. The quantitative estimate of drug-likeness (QED) is 0.382. The Labute approximate surface area is 195 Å². The lowest BCUT2D eigenvalue weighted by Gasteiger charge is -2.25. The highest BCUT2D eigenvalue weighted by Crippen LogP contribution is 2.41. The first-order valence-electron chi connectivity index (χ1n) is 11.2. The lowest BCUT2D eigenvalue weighted by molar-refractivity contribution is -0.140. The van der Waals surface area contributed by atoms with Gasteiger partial charge in [-0.2, -0.15) is 0 Å². The van der Waals surface area contributed by atoms with E-state index in [0.717, 1.165) is 11.3 Å². The molecule has 1 aliphatic heterocycles. The number of amides is 1. The molecular weight excluding hydrogens is 420 g/mol. The van der Waals surface area contributed by atoms with E-state index in [9.17, 15) is 14.7 Å². The number of hydrogen-bond donors (Lipinski definition) is 1. The fourth-order valence-corrected chi connectivity index (χ4v) is 4.01. The average molecular weight is 455 g/mol. The molecule has 1 aromatic carbocycles. The van der Waals surface area contributed by atoms with Crippen molar-refractivity contribution in [3.8, 4) is 5.75 Å². The maximum atomic E-state index is 13.1. The summed E-state index contributed by atoms with van der Waals surface area (Å²) in [6.07, 6.45) is 0. The van der Waals surface area contributed by atoms with Crippen LogP contribution in [0.25, 0.3) is 5.76 Å². The molecule has 1 aliphatic rings. The molecule has 0 saturated carbocycles. The zero-order valence-corrected chi connectivity index (χ0v) is 20.6. The van der Waals surface area contributed by atoms with Crippen molar-refractivity contribution in [1.82, 2.24) is 9.80 Å². The van der Waals surface area contributed by atoms with Crippen molar-refractivity contribution in [2.45, 2.75) is 46.1 Å². The lowest BCUT2D eigenvalue weighted by Crippen LogP contribution is -2.35. The van der Waals surface area contributed by atoms with Gasteiger partial charge in [0.1, 0.15) is 29.1 Å². The van der Waals surface area contributed by atoms with E-state index in [4.69, 9.17) is 9.15 Å². The predicted molar refractivity (Wildman–Crippen MR) is 127 cm³/mol. The highest BCUT2D eigenvalue weighted by Gasteiger charge is 2.47. The molecule has 7 heteroatoms. The molecule has 1 amide bonds. The number of likely N-dealkylation sites (N-methyl/N-ethyl adjacent to an activating group) is 1. The van der Waals surface area contributed by atoms with E-state index in [-0.39, 0.29) is 16.7 Å². The molecule has 0 spiro atoms.